The lowest BCUT2D eigenvalue weighted by Crippen LogP contribution is -2.60. The molecule has 6 rings (SSSR count). The number of piperazine rings is 1. The lowest BCUT2D eigenvalue weighted by atomic mass is 9.99. The summed E-state index contributed by atoms with van der Waals surface area (Å²) in [5.41, 5.74) is 2.84. The summed E-state index contributed by atoms with van der Waals surface area (Å²) in [6.45, 7) is 6.30. The van der Waals surface area contributed by atoms with Crippen LogP contribution >= 0.6 is 8.58 Å². The molecule has 1 N–H and O–H groups in total. The molecule has 0 aliphatic carbocycles. The summed E-state index contributed by atoms with van der Waals surface area (Å²) in [4.78, 5) is 21.6. The zero-order valence-electron chi connectivity index (χ0n) is 16.9. The Balaban J connectivity index is 1.23. The Bertz CT molecular complexity index is 995. The van der Waals surface area contributed by atoms with Gasteiger partial charge in [0.05, 0.1) is 11.5 Å². The molecule has 30 heavy (non-hydrogen) atoms. The molecule has 0 bridgehead atoms. The summed E-state index contributed by atoms with van der Waals surface area (Å²) in [6, 6.07) is 0.665. The number of carbonyl (C=O) groups excluding carboxylic acids is 1. The second kappa shape index (κ2) is 6.82. The molecule has 0 aromatic heterocycles. The second-order valence-electron chi connectivity index (χ2n) is 8.65. The van der Waals surface area contributed by atoms with Gasteiger partial charge >= 0.3 is 0 Å². The van der Waals surface area contributed by atoms with Crippen molar-refractivity contribution in [3.63, 3.8) is 0 Å². The van der Waals surface area contributed by atoms with Crippen molar-refractivity contribution >= 4 is 14.5 Å². The standard InChI is InChI=1S/C22H25FN5OP/c1-14-10-27-11-15(8-18(23)22(27)24-14)19-9-20(29)28-13-16(2-3-21(28)30-19)26-7-6-25-5-4-17(25)12-26/h2-3,8-11,13,17,21-22,24,30H,4-7,12H2,1H3. The Morgan fingerprint density at radius 3 is 2.87 bits per heavy atom. The molecule has 156 valence electrons. The molecule has 2 saturated heterocycles. The van der Waals surface area contributed by atoms with E-state index >= 15 is 0 Å². The highest BCUT2D eigenvalue weighted by atomic mass is 31.1. The summed E-state index contributed by atoms with van der Waals surface area (Å²) >= 11 is 0. The number of halogens is 1. The minimum atomic E-state index is -0.454. The summed E-state index contributed by atoms with van der Waals surface area (Å²) < 4.78 is 14.6. The van der Waals surface area contributed by atoms with Crippen LogP contribution in [0.2, 0.25) is 0 Å². The fourth-order valence-electron chi connectivity index (χ4n) is 4.97. The lowest BCUT2D eigenvalue weighted by molar-refractivity contribution is -0.124. The Kier molecular flexibility index (Phi) is 4.19. The predicted molar refractivity (Wildman–Crippen MR) is 116 cm³/mol. The largest absolute Gasteiger partial charge is 0.368 e. The maximum absolute atomic E-state index is 14.6. The number of nitrogens with one attached hydrogen (secondary N) is 1. The van der Waals surface area contributed by atoms with Crippen LogP contribution in [0.4, 0.5) is 4.39 Å². The highest BCUT2D eigenvalue weighted by Crippen LogP contribution is 2.45. The molecule has 0 spiro atoms. The fourth-order valence-corrected chi connectivity index (χ4v) is 6.33. The highest BCUT2D eigenvalue weighted by Gasteiger charge is 2.36. The second-order valence-corrected chi connectivity index (χ2v) is 10.1. The Hall–Kier alpha value is -2.37. The van der Waals surface area contributed by atoms with Crippen molar-refractivity contribution in [2.45, 2.75) is 31.3 Å². The first kappa shape index (κ1) is 18.4. The molecule has 0 radical (unpaired) electrons. The van der Waals surface area contributed by atoms with E-state index in [4.69, 9.17) is 0 Å². The summed E-state index contributed by atoms with van der Waals surface area (Å²) in [6.07, 6.45) is 14.2. The van der Waals surface area contributed by atoms with Gasteiger partial charge < -0.3 is 20.0 Å². The summed E-state index contributed by atoms with van der Waals surface area (Å²) in [5.74, 6) is -0.242. The third kappa shape index (κ3) is 2.95. The van der Waals surface area contributed by atoms with Crippen LogP contribution in [0.5, 0.6) is 0 Å². The molecule has 8 heteroatoms. The Morgan fingerprint density at radius 2 is 2.07 bits per heavy atom. The van der Waals surface area contributed by atoms with Gasteiger partial charge in [0.15, 0.2) is 6.17 Å². The third-order valence-corrected chi connectivity index (χ3v) is 8.23. The SMILES string of the molecule is CC1=CN2C=C(C3=CC(=O)N4C=C(N5CCN6CCC6C5)C=CC4P3)C=C(F)C2N1. The molecule has 6 aliphatic heterocycles. The number of nitrogens with zero attached hydrogens (tertiary/aromatic N) is 4. The van der Waals surface area contributed by atoms with Crippen LogP contribution < -0.4 is 5.32 Å². The number of carbonyl (C=O) groups is 1. The van der Waals surface area contributed by atoms with Gasteiger partial charge in [-0.1, -0.05) is 14.7 Å². The van der Waals surface area contributed by atoms with Crippen molar-refractivity contribution in [2.75, 3.05) is 26.2 Å². The first-order valence-electron chi connectivity index (χ1n) is 10.6. The molecular weight excluding hydrogens is 400 g/mol. The van der Waals surface area contributed by atoms with Crippen molar-refractivity contribution in [1.29, 1.82) is 0 Å². The molecule has 0 aromatic rings. The van der Waals surface area contributed by atoms with Crippen molar-refractivity contribution < 1.29 is 9.18 Å². The van der Waals surface area contributed by atoms with Gasteiger partial charge in [-0.05, 0) is 30.8 Å². The molecule has 6 aliphatic rings. The van der Waals surface area contributed by atoms with E-state index in [2.05, 4.69) is 27.3 Å². The van der Waals surface area contributed by atoms with Crippen LogP contribution in [0.1, 0.15) is 13.3 Å². The molecule has 0 saturated carbocycles. The molecule has 6 nitrogen and oxygen atoms in total. The lowest BCUT2D eigenvalue weighted by Gasteiger charge is -2.50. The summed E-state index contributed by atoms with van der Waals surface area (Å²) in [5, 5.41) is 4.02. The van der Waals surface area contributed by atoms with Gasteiger partial charge in [0, 0.05) is 68.2 Å². The fraction of sp³-hybridized carbons (Fsp3) is 0.409. The maximum atomic E-state index is 14.6. The van der Waals surface area contributed by atoms with Gasteiger partial charge in [-0.15, -0.1) is 0 Å². The average Bonchev–Trinajstić information content (AvgIpc) is 3.09. The first-order valence-corrected chi connectivity index (χ1v) is 11.6. The van der Waals surface area contributed by atoms with Crippen LogP contribution in [0, 0.1) is 0 Å². The normalized spacial score (nSPS) is 33.5. The van der Waals surface area contributed by atoms with Crippen LogP contribution in [0.25, 0.3) is 0 Å². The van der Waals surface area contributed by atoms with Gasteiger partial charge in [0.25, 0.3) is 5.91 Å². The molecule has 6 heterocycles. The van der Waals surface area contributed by atoms with Crippen molar-refractivity contribution in [3.05, 3.63) is 71.0 Å². The summed E-state index contributed by atoms with van der Waals surface area (Å²) in [7, 11) is 0.388. The van der Waals surface area contributed by atoms with E-state index in [9.17, 15) is 9.18 Å². The van der Waals surface area contributed by atoms with Gasteiger partial charge in [0.1, 0.15) is 5.83 Å². The number of hydrogen-bond acceptors (Lipinski definition) is 5. The number of hydrogen-bond donors (Lipinski definition) is 1. The van der Waals surface area contributed by atoms with Gasteiger partial charge in [0.2, 0.25) is 0 Å². The molecule has 0 aromatic carbocycles. The minimum absolute atomic E-state index is 0.00954. The highest BCUT2D eigenvalue weighted by molar-refractivity contribution is 7.44. The zero-order valence-corrected chi connectivity index (χ0v) is 17.9. The van der Waals surface area contributed by atoms with E-state index in [0.29, 0.717) is 14.6 Å². The average molecular weight is 425 g/mol. The van der Waals surface area contributed by atoms with E-state index in [1.54, 1.807) is 12.2 Å². The zero-order chi connectivity index (χ0) is 20.4. The quantitative estimate of drug-likeness (QED) is 0.689. The van der Waals surface area contributed by atoms with E-state index < -0.39 is 6.17 Å². The Labute approximate surface area is 177 Å². The maximum Gasteiger partial charge on any atom is 0.252 e. The third-order valence-electron chi connectivity index (χ3n) is 6.72. The van der Waals surface area contributed by atoms with E-state index in [-0.39, 0.29) is 17.5 Å². The van der Waals surface area contributed by atoms with Crippen molar-refractivity contribution in [2.24, 2.45) is 0 Å². The number of rotatable bonds is 2. The van der Waals surface area contributed by atoms with Crippen LogP contribution in [-0.4, -0.2) is 69.7 Å². The first-order chi connectivity index (χ1) is 14.5. The predicted octanol–water partition coefficient (Wildman–Crippen LogP) is 2.36. The van der Waals surface area contributed by atoms with Crippen molar-refractivity contribution in [1.82, 2.24) is 24.9 Å². The monoisotopic (exact) mass is 425 g/mol. The molecular formula is C22H25FN5OP. The molecule has 1 amide bonds. The Morgan fingerprint density at radius 1 is 1.17 bits per heavy atom. The number of amides is 1. The van der Waals surface area contributed by atoms with E-state index in [1.165, 1.54) is 13.0 Å². The minimum Gasteiger partial charge on any atom is -0.368 e. The topological polar surface area (TPSA) is 42.1 Å². The van der Waals surface area contributed by atoms with E-state index in [0.717, 1.165) is 41.9 Å². The molecule has 4 atom stereocenters. The van der Waals surface area contributed by atoms with E-state index in [1.807, 2.05) is 35.3 Å². The number of fused-ring (bicyclic) bond motifs is 3. The smallest absolute Gasteiger partial charge is 0.252 e. The van der Waals surface area contributed by atoms with Crippen LogP contribution in [0.3, 0.4) is 0 Å². The van der Waals surface area contributed by atoms with Crippen molar-refractivity contribution in [3.8, 4) is 0 Å². The molecule has 2 fully saturated rings. The van der Waals surface area contributed by atoms with Gasteiger partial charge in [-0.25, -0.2) is 4.39 Å². The molecule has 4 unspecified atom stereocenters. The van der Waals surface area contributed by atoms with Gasteiger partial charge in [-0.2, -0.15) is 0 Å². The van der Waals surface area contributed by atoms with Gasteiger partial charge in [-0.3, -0.25) is 9.69 Å². The number of allylic oxidation sites excluding steroid dienone is 5. The van der Waals surface area contributed by atoms with Crippen LogP contribution in [0.15, 0.2) is 71.0 Å². The van der Waals surface area contributed by atoms with Crippen LogP contribution in [-0.2, 0) is 4.79 Å².